The number of sulfonamides is 1. The molecule has 0 aliphatic rings. The molecular formula is C18H19N3O3S. The number of fused-ring (bicyclic) bond motifs is 1. The third-order valence-electron chi connectivity index (χ3n) is 4.02. The molecule has 1 amide bonds. The second-order valence-corrected chi connectivity index (χ2v) is 7.79. The van der Waals surface area contributed by atoms with Crippen molar-refractivity contribution in [2.75, 3.05) is 16.3 Å². The minimum atomic E-state index is -3.32. The molecule has 0 aliphatic heterocycles. The van der Waals surface area contributed by atoms with Crippen LogP contribution in [-0.2, 0) is 10.0 Å². The monoisotopic (exact) mass is 357 g/mol. The molecule has 25 heavy (non-hydrogen) atoms. The lowest BCUT2D eigenvalue weighted by molar-refractivity contribution is 0.102. The van der Waals surface area contributed by atoms with Gasteiger partial charge in [-0.25, -0.2) is 8.42 Å². The van der Waals surface area contributed by atoms with Crippen molar-refractivity contribution < 1.29 is 13.2 Å². The van der Waals surface area contributed by atoms with Gasteiger partial charge in [-0.1, -0.05) is 0 Å². The van der Waals surface area contributed by atoms with Crippen LogP contribution in [0.25, 0.3) is 10.9 Å². The van der Waals surface area contributed by atoms with Crippen molar-refractivity contribution >= 4 is 38.2 Å². The van der Waals surface area contributed by atoms with E-state index in [9.17, 15) is 13.2 Å². The molecule has 0 aliphatic carbocycles. The number of aryl methyl sites for hydroxylation is 2. The van der Waals surface area contributed by atoms with Crippen LogP contribution < -0.4 is 10.0 Å². The summed E-state index contributed by atoms with van der Waals surface area (Å²) in [5.74, 6) is -0.219. The lowest BCUT2D eigenvalue weighted by Crippen LogP contribution is -2.12. The van der Waals surface area contributed by atoms with E-state index < -0.39 is 10.0 Å². The Morgan fingerprint density at radius 1 is 1.00 bits per heavy atom. The second-order valence-electron chi connectivity index (χ2n) is 6.04. The highest BCUT2D eigenvalue weighted by Gasteiger charge is 2.10. The summed E-state index contributed by atoms with van der Waals surface area (Å²) in [4.78, 5) is 15.7. The van der Waals surface area contributed by atoms with Crippen molar-refractivity contribution in [3.8, 4) is 0 Å². The van der Waals surface area contributed by atoms with E-state index in [1.165, 1.54) is 0 Å². The number of nitrogens with one attached hydrogen (secondary N) is 3. The van der Waals surface area contributed by atoms with Gasteiger partial charge in [-0.2, -0.15) is 0 Å². The molecule has 3 rings (SSSR count). The van der Waals surface area contributed by atoms with Gasteiger partial charge in [0.25, 0.3) is 5.91 Å². The Labute approximate surface area is 146 Å². The Morgan fingerprint density at radius 3 is 2.28 bits per heavy atom. The number of hydrogen-bond acceptors (Lipinski definition) is 3. The topological polar surface area (TPSA) is 91.1 Å². The number of rotatable bonds is 4. The molecule has 7 heteroatoms. The first-order chi connectivity index (χ1) is 11.7. The Kier molecular flexibility index (Phi) is 4.26. The van der Waals surface area contributed by atoms with Crippen molar-refractivity contribution in [2.45, 2.75) is 13.8 Å². The van der Waals surface area contributed by atoms with Crippen molar-refractivity contribution in [1.82, 2.24) is 4.98 Å². The van der Waals surface area contributed by atoms with Crippen LogP contribution >= 0.6 is 0 Å². The van der Waals surface area contributed by atoms with Crippen LogP contribution in [0.4, 0.5) is 11.4 Å². The van der Waals surface area contributed by atoms with E-state index in [0.29, 0.717) is 16.9 Å². The number of carbonyl (C=O) groups is 1. The van der Waals surface area contributed by atoms with Crippen LogP contribution in [0, 0.1) is 13.8 Å². The van der Waals surface area contributed by atoms with Gasteiger partial charge >= 0.3 is 0 Å². The van der Waals surface area contributed by atoms with Crippen LogP contribution in [0.1, 0.15) is 21.6 Å². The number of aromatic nitrogens is 1. The molecule has 1 heterocycles. The summed E-state index contributed by atoms with van der Waals surface area (Å²) < 4.78 is 24.8. The summed E-state index contributed by atoms with van der Waals surface area (Å²) in [5.41, 5.74) is 4.81. The van der Waals surface area contributed by atoms with Crippen LogP contribution in [0.3, 0.4) is 0 Å². The molecule has 0 fully saturated rings. The Bertz CT molecular complexity index is 1050. The summed E-state index contributed by atoms with van der Waals surface area (Å²) in [5, 5.41) is 3.84. The molecule has 0 unspecified atom stereocenters. The van der Waals surface area contributed by atoms with E-state index in [4.69, 9.17) is 0 Å². The van der Waals surface area contributed by atoms with E-state index in [0.717, 1.165) is 28.4 Å². The first-order valence-electron chi connectivity index (χ1n) is 7.71. The molecule has 1 aromatic heterocycles. The number of aromatic amines is 1. The molecule has 0 saturated carbocycles. The Balaban J connectivity index is 1.79. The van der Waals surface area contributed by atoms with Gasteiger partial charge in [0.15, 0.2) is 0 Å². The fraction of sp³-hybridized carbons (Fsp3) is 0.167. The van der Waals surface area contributed by atoms with Crippen LogP contribution in [0.2, 0.25) is 0 Å². The molecule has 0 spiro atoms. The fourth-order valence-electron chi connectivity index (χ4n) is 2.64. The number of H-pyrrole nitrogens is 1. The predicted octanol–water partition coefficient (Wildman–Crippen LogP) is 3.41. The normalized spacial score (nSPS) is 11.5. The van der Waals surface area contributed by atoms with Crippen LogP contribution in [0.15, 0.2) is 42.5 Å². The van der Waals surface area contributed by atoms with Crippen molar-refractivity contribution in [1.29, 1.82) is 0 Å². The van der Waals surface area contributed by atoms with Gasteiger partial charge in [-0.3, -0.25) is 9.52 Å². The maximum atomic E-state index is 12.5. The average molecular weight is 357 g/mol. The molecule has 0 bridgehead atoms. The van der Waals surface area contributed by atoms with Crippen LogP contribution in [-0.4, -0.2) is 25.6 Å². The zero-order chi connectivity index (χ0) is 18.2. The Hall–Kier alpha value is -2.80. The van der Waals surface area contributed by atoms with Gasteiger partial charge in [0, 0.05) is 33.5 Å². The SMILES string of the molecule is Cc1[nH]c2ccc(C(=O)Nc3ccc(NS(C)(=O)=O)cc3)cc2c1C. The molecule has 2 aromatic carbocycles. The summed E-state index contributed by atoms with van der Waals surface area (Å²) in [7, 11) is -3.32. The number of amides is 1. The average Bonchev–Trinajstić information content (AvgIpc) is 2.82. The zero-order valence-electron chi connectivity index (χ0n) is 14.2. The lowest BCUT2D eigenvalue weighted by Gasteiger charge is -2.08. The van der Waals surface area contributed by atoms with E-state index in [-0.39, 0.29) is 5.91 Å². The summed E-state index contributed by atoms with van der Waals surface area (Å²) in [6.07, 6.45) is 1.09. The minimum Gasteiger partial charge on any atom is -0.358 e. The van der Waals surface area contributed by atoms with E-state index in [1.54, 1.807) is 30.3 Å². The van der Waals surface area contributed by atoms with Crippen LogP contribution in [0.5, 0.6) is 0 Å². The first-order valence-corrected chi connectivity index (χ1v) is 9.60. The summed E-state index contributed by atoms with van der Waals surface area (Å²) in [6.45, 7) is 4.02. The van der Waals surface area contributed by atoms with Crippen molar-refractivity contribution in [3.05, 3.63) is 59.3 Å². The minimum absolute atomic E-state index is 0.219. The third-order valence-corrected chi connectivity index (χ3v) is 4.62. The van der Waals surface area contributed by atoms with E-state index in [1.807, 2.05) is 26.0 Å². The maximum Gasteiger partial charge on any atom is 0.255 e. The van der Waals surface area contributed by atoms with Gasteiger partial charge in [0.2, 0.25) is 10.0 Å². The predicted molar refractivity (Wildman–Crippen MR) is 101 cm³/mol. The number of anilines is 2. The molecule has 0 atom stereocenters. The summed E-state index contributed by atoms with van der Waals surface area (Å²) >= 11 is 0. The smallest absolute Gasteiger partial charge is 0.255 e. The number of hydrogen-bond donors (Lipinski definition) is 3. The number of benzene rings is 2. The Morgan fingerprint density at radius 2 is 1.64 bits per heavy atom. The highest BCUT2D eigenvalue weighted by molar-refractivity contribution is 7.92. The first kappa shape index (κ1) is 17.0. The van der Waals surface area contributed by atoms with E-state index in [2.05, 4.69) is 15.0 Å². The van der Waals surface area contributed by atoms with Crippen molar-refractivity contribution in [3.63, 3.8) is 0 Å². The lowest BCUT2D eigenvalue weighted by atomic mass is 10.1. The molecule has 6 nitrogen and oxygen atoms in total. The molecule has 0 radical (unpaired) electrons. The molecular weight excluding hydrogens is 338 g/mol. The van der Waals surface area contributed by atoms with E-state index >= 15 is 0 Å². The fourth-order valence-corrected chi connectivity index (χ4v) is 3.21. The standard InChI is InChI=1S/C18H19N3O3S/c1-11-12(2)19-17-9-4-13(10-16(11)17)18(22)20-14-5-7-15(8-6-14)21-25(3,23)24/h4-10,19,21H,1-3H3,(H,20,22). The zero-order valence-corrected chi connectivity index (χ0v) is 15.0. The van der Waals surface area contributed by atoms with Gasteiger partial charge in [0.05, 0.1) is 6.26 Å². The maximum absolute atomic E-state index is 12.5. The second kappa shape index (κ2) is 6.25. The van der Waals surface area contributed by atoms with Gasteiger partial charge in [-0.15, -0.1) is 0 Å². The highest BCUT2D eigenvalue weighted by Crippen LogP contribution is 2.23. The molecule has 3 N–H and O–H groups in total. The van der Waals surface area contributed by atoms with Gasteiger partial charge in [-0.05, 0) is 61.9 Å². The largest absolute Gasteiger partial charge is 0.358 e. The third kappa shape index (κ3) is 3.83. The van der Waals surface area contributed by atoms with Gasteiger partial charge < -0.3 is 10.3 Å². The number of carbonyl (C=O) groups excluding carboxylic acids is 1. The van der Waals surface area contributed by atoms with Crippen molar-refractivity contribution in [2.24, 2.45) is 0 Å². The van der Waals surface area contributed by atoms with Gasteiger partial charge in [0.1, 0.15) is 0 Å². The molecule has 0 saturated heterocycles. The molecule has 3 aromatic rings. The molecule has 130 valence electrons. The quantitative estimate of drug-likeness (QED) is 0.668. The summed E-state index contributed by atoms with van der Waals surface area (Å²) in [6, 6.07) is 12.0. The highest BCUT2D eigenvalue weighted by atomic mass is 32.2.